The highest BCUT2D eigenvalue weighted by Gasteiger charge is 2.14. The number of benzene rings is 1. The molecule has 0 heterocycles. The number of nitriles is 1. The Labute approximate surface area is 108 Å². The molecule has 1 atom stereocenters. The van der Waals surface area contributed by atoms with Crippen molar-refractivity contribution in [3.8, 4) is 11.8 Å². The number of aryl methyl sites for hydroxylation is 1. The van der Waals surface area contributed by atoms with E-state index in [0.717, 1.165) is 11.3 Å². The lowest BCUT2D eigenvalue weighted by molar-refractivity contribution is -0.131. The van der Waals surface area contributed by atoms with Gasteiger partial charge in [0.15, 0.2) is 0 Å². The molecule has 1 amide bonds. The van der Waals surface area contributed by atoms with Crippen molar-refractivity contribution in [1.29, 1.82) is 5.26 Å². The summed E-state index contributed by atoms with van der Waals surface area (Å²) in [7, 11) is 1.63. The summed E-state index contributed by atoms with van der Waals surface area (Å²) in [6, 6.07) is 9.30. The number of ether oxygens (including phenoxy) is 1. The maximum Gasteiger partial charge on any atom is 0.226 e. The Morgan fingerprint density at radius 3 is 2.89 bits per heavy atom. The first-order valence-corrected chi connectivity index (χ1v) is 5.89. The van der Waals surface area contributed by atoms with Crippen LogP contribution in [0.2, 0.25) is 0 Å². The summed E-state index contributed by atoms with van der Waals surface area (Å²) in [6.45, 7) is 4.00. The molecule has 0 saturated carbocycles. The Morgan fingerprint density at radius 1 is 1.56 bits per heavy atom. The first kappa shape index (κ1) is 14.0. The van der Waals surface area contributed by atoms with E-state index in [-0.39, 0.29) is 12.3 Å². The number of amides is 1. The highest BCUT2D eigenvalue weighted by molar-refractivity contribution is 5.76. The SMILES string of the molecule is Cc1cccc(OCCC(=O)N(C)C(C)C#N)c1. The molecule has 0 fully saturated rings. The highest BCUT2D eigenvalue weighted by atomic mass is 16.5. The lowest BCUT2D eigenvalue weighted by Gasteiger charge is -2.19. The fraction of sp³-hybridized carbons (Fsp3) is 0.429. The van der Waals surface area contributed by atoms with Crippen LogP contribution in [0.25, 0.3) is 0 Å². The molecule has 96 valence electrons. The van der Waals surface area contributed by atoms with Crippen molar-refractivity contribution in [3.05, 3.63) is 29.8 Å². The fourth-order valence-corrected chi connectivity index (χ4v) is 1.44. The van der Waals surface area contributed by atoms with Gasteiger partial charge in [0, 0.05) is 7.05 Å². The van der Waals surface area contributed by atoms with E-state index in [2.05, 4.69) is 0 Å². The molecule has 0 aliphatic carbocycles. The smallest absolute Gasteiger partial charge is 0.226 e. The van der Waals surface area contributed by atoms with Crippen LogP contribution < -0.4 is 4.74 Å². The van der Waals surface area contributed by atoms with Crippen molar-refractivity contribution in [2.75, 3.05) is 13.7 Å². The number of rotatable bonds is 5. The minimum atomic E-state index is -0.406. The standard InChI is InChI=1S/C14H18N2O2/c1-11-5-4-6-13(9-11)18-8-7-14(17)16(3)12(2)10-15/h4-6,9,12H,7-8H2,1-3H3. The van der Waals surface area contributed by atoms with E-state index < -0.39 is 6.04 Å². The summed E-state index contributed by atoms with van der Waals surface area (Å²) in [5, 5.41) is 8.71. The largest absolute Gasteiger partial charge is 0.493 e. The van der Waals surface area contributed by atoms with E-state index in [0.29, 0.717) is 6.61 Å². The minimum Gasteiger partial charge on any atom is -0.493 e. The third-order valence-electron chi connectivity index (χ3n) is 2.74. The minimum absolute atomic E-state index is 0.0864. The van der Waals surface area contributed by atoms with Gasteiger partial charge in [0.1, 0.15) is 11.8 Å². The molecule has 1 aromatic carbocycles. The number of hydrogen-bond acceptors (Lipinski definition) is 3. The average molecular weight is 246 g/mol. The fourth-order valence-electron chi connectivity index (χ4n) is 1.44. The zero-order valence-corrected chi connectivity index (χ0v) is 11.0. The zero-order valence-electron chi connectivity index (χ0n) is 11.0. The van der Waals surface area contributed by atoms with Crippen LogP contribution in [0.5, 0.6) is 5.75 Å². The van der Waals surface area contributed by atoms with E-state index in [9.17, 15) is 4.79 Å². The van der Waals surface area contributed by atoms with Crippen LogP contribution in [0.1, 0.15) is 18.9 Å². The zero-order chi connectivity index (χ0) is 13.5. The van der Waals surface area contributed by atoms with Crippen molar-refractivity contribution in [2.24, 2.45) is 0 Å². The normalized spacial score (nSPS) is 11.4. The summed E-state index contributed by atoms with van der Waals surface area (Å²) < 4.78 is 5.49. The Hall–Kier alpha value is -2.02. The Kier molecular flexibility index (Phi) is 5.19. The molecule has 0 saturated heterocycles. The molecule has 1 rings (SSSR count). The third-order valence-corrected chi connectivity index (χ3v) is 2.74. The number of nitrogens with zero attached hydrogens (tertiary/aromatic N) is 2. The van der Waals surface area contributed by atoms with Crippen LogP contribution in [0.3, 0.4) is 0 Å². The van der Waals surface area contributed by atoms with Gasteiger partial charge < -0.3 is 9.64 Å². The van der Waals surface area contributed by atoms with Crippen molar-refractivity contribution >= 4 is 5.91 Å². The van der Waals surface area contributed by atoms with E-state index in [1.54, 1.807) is 14.0 Å². The predicted octanol–water partition coefficient (Wildman–Crippen LogP) is 2.13. The topological polar surface area (TPSA) is 53.3 Å². The second kappa shape index (κ2) is 6.65. The summed E-state index contributed by atoms with van der Waals surface area (Å²) in [6.07, 6.45) is 0.274. The quantitative estimate of drug-likeness (QED) is 0.799. The monoisotopic (exact) mass is 246 g/mol. The van der Waals surface area contributed by atoms with Gasteiger partial charge in [0.25, 0.3) is 0 Å². The Balaban J connectivity index is 2.38. The molecule has 0 radical (unpaired) electrons. The highest BCUT2D eigenvalue weighted by Crippen LogP contribution is 2.12. The molecule has 0 bridgehead atoms. The molecule has 0 aliphatic rings. The molecular weight excluding hydrogens is 228 g/mol. The van der Waals surface area contributed by atoms with Crippen molar-refractivity contribution in [2.45, 2.75) is 26.3 Å². The van der Waals surface area contributed by atoms with Crippen molar-refractivity contribution in [1.82, 2.24) is 4.90 Å². The van der Waals surface area contributed by atoms with E-state index in [4.69, 9.17) is 10.00 Å². The van der Waals surface area contributed by atoms with Crippen molar-refractivity contribution in [3.63, 3.8) is 0 Å². The first-order chi connectivity index (χ1) is 8.54. The summed E-state index contributed by atoms with van der Waals surface area (Å²) >= 11 is 0. The van der Waals surface area contributed by atoms with Gasteiger partial charge in [-0.05, 0) is 31.5 Å². The maximum atomic E-state index is 11.7. The van der Waals surface area contributed by atoms with E-state index in [1.807, 2.05) is 37.3 Å². The number of carbonyl (C=O) groups excluding carboxylic acids is 1. The molecule has 4 nitrogen and oxygen atoms in total. The van der Waals surface area contributed by atoms with Crippen LogP contribution in [-0.2, 0) is 4.79 Å². The summed E-state index contributed by atoms with van der Waals surface area (Å²) in [5.74, 6) is 0.676. The van der Waals surface area contributed by atoms with Gasteiger partial charge in [0.05, 0.1) is 19.1 Å². The van der Waals surface area contributed by atoms with Gasteiger partial charge in [-0.25, -0.2) is 0 Å². The van der Waals surface area contributed by atoms with Gasteiger partial charge >= 0.3 is 0 Å². The maximum absolute atomic E-state index is 11.7. The molecule has 1 unspecified atom stereocenters. The number of carbonyl (C=O) groups is 1. The molecule has 0 spiro atoms. The molecule has 0 aliphatic heterocycles. The Morgan fingerprint density at radius 2 is 2.28 bits per heavy atom. The van der Waals surface area contributed by atoms with E-state index >= 15 is 0 Å². The van der Waals surface area contributed by atoms with Gasteiger partial charge in [-0.3, -0.25) is 4.79 Å². The molecule has 18 heavy (non-hydrogen) atoms. The third kappa shape index (κ3) is 4.10. The number of hydrogen-bond donors (Lipinski definition) is 0. The predicted molar refractivity (Wildman–Crippen MR) is 69.1 cm³/mol. The van der Waals surface area contributed by atoms with Crippen LogP contribution >= 0.6 is 0 Å². The van der Waals surface area contributed by atoms with Gasteiger partial charge in [-0.2, -0.15) is 5.26 Å². The first-order valence-electron chi connectivity index (χ1n) is 5.89. The van der Waals surface area contributed by atoms with E-state index in [1.165, 1.54) is 4.90 Å². The summed E-state index contributed by atoms with van der Waals surface area (Å²) in [5.41, 5.74) is 1.12. The molecule has 1 aromatic rings. The second-order valence-corrected chi connectivity index (χ2v) is 4.22. The lowest BCUT2D eigenvalue weighted by Crippen LogP contribution is -2.34. The molecule has 0 N–H and O–H groups in total. The molecule has 4 heteroatoms. The van der Waals surface area contributed by atoms with Crippen LogP contribution in [-0.4, -0.2) is 30.5 Å². The second-order valence-electron chi connectivity index (χ2n) is 4.22. The van der Waals surface area contributed by atoms with Crippen molar-refractivity contribution < 1.29 is 9.53 Å². The van der Waals surface area contributed by atoms with Crippen LogP contribution in [0.4, 0.5) is 0 Å². The van der Waals surface area contributed by atoms with Gasteiger partial charge in [-0.15, -0.1) is 0 Å². The Bertz CT molecular complexity index is 451. The van der Waals surface area contributed by atoms with Crippen LogP contribution in [0, 0.1) is 18.3 Å². The molecular formula is C14H18N2O2. The van der Waals surface area contributed by atoms with Gasteiger partial charge in [0.2, 0.25) is 5.91 Å². The van der Waals surface area contributed by atoms with Gasteiger partial charge in [-0.1, -0.05) is 12.1 Å². The lowest BCUT2D eigenvalue weighted by atomic mass is 10.2. The average Bonchev–Trinajstić information content (AvgIpc) is 2.36. The van der Waals surface area contributed by atoms with Crippen LogP contribution in [0.15, 0.2) is 24.3 Å². The molecule has 0 aromatic heterocycles. The summed E-state index contributed by atoms with van der Waals surface area (Å²) in [4.78, 5) is 13.1.